The van der Waals surface area contributed by atoms with Crippen molar-refractivity contribution in [3.8, 4) is 11.3 Å². The van der Waals surface area contributed by atoms with Crippen LogP contribution in [-0.4, -0.2) is 31.1 Å². The van der Waals surface area contributed by atoms with Crippen molar-refractivity contribution in [3.05, 3.63) is 69.8 Å². The lowest BCUT2D eigenvalue weighted by Crippen LogP contribution is -2.16. The fourth-order valence-corrected chi connectivity index (χ4v) is 3.73. The summed E-state index contributed by atoms with van der Waals surface area (Å²) in [5.41, 5.74) is -0.0428. The number of nitro groups is 1. The molecule has 1 heterocycles. The van der Waals surface area contributed by atoms with Gasteiger partial charge < -0.3 is 9.26 Å². The molecule has 0 aliphatic rings. The monoisotopic (exact) mass is 431 g/mol. The molecule has 0 radical (unpaired) electrons. The normalized spacial score (nSPS) is 11.1. The maximum absolute atomic E-state index is 12.8. The number of rotatable bonds is 7. The molecule has 1 N–H and O–H groups in total. The van der Waals surface area contributed by atoms with E-state index in [-0.39, 0.29) is 23.6 Å². The number of ether oxygens (including phenoxy) is 1. The first kappa shape index (κ1) is 21.0. The van der Waals surface area contributed by atoms with Gasteiger partial charge in [-0.25, -0.2) is 13.2 Å². The van der Waals surface area contributed by atoms with Crippen LogP contribution in [0.5, 0.6) is 0 Å². The highest BCUT2D eigenvalue weighted by atomic mass is 32.2. The van der Waals surface area contributed by atoms with Gasteiger partial charge in [-0.15, -0.1) is 0 Å². The van der Waals surface area contributed by atoms with Crippen LogP contribution >= 0.6 is 0 Å². The number of carbonyl (C=O) groups excluding carboxylic acids is 1. The van der Waals surface area contributed by atoms with Gasteiger partial charge in [0.25, 0.3) is 15.7 Å². The Morgan fingerprint density at radius 3 is 2.57 bits per heavy atom. The molecule has 1 aromatic heterocycles. The minimum absolute atomic E-state index is 0.00481. The molecule has 0 saturated carbocycles. The predicted octanol–water partition coefficient (Wildman–Crippen LogP) is 3.54. The van der Waals surface area contributed by atoms with E-state index in [0.717, 1.165) is 12.1 Å². The van der Waals surface area contributed by atoms with E-state index in [4.69, 9.17) is 9.26 Å². The van der Waals surface area contributed by atoms with Gasteiger partial charge in [0, 0.05) is 23.3 Å². The van der Waals surface area contributed by atoms with Crippen molar-refractivity contribution < 1.29 is 27.4 Å². The molecule has 0 aliphatic carbocycles. The number of nitro benzene ring substituents is 1. The van der Waals surface area contributed by atoms with Crippen LogP contribution in [0.3, 0.4) is 0 Å². The average molecular weight is 431 g/mol. The number of nitrogens with zero attached hydrogens (tertiary/aromatic N) is 2. The Kier molecular flexibility index (Phi) is 5.83. The Labute approximate surface area is 171 Å². The first-order chi connectivity index (χ1) is 14.2. The van der Waals surface area contributed by atoms with E-state index >= 15 is 0 Å². The van der Waals surface area contributed by atoms with E-state index in [1.807, 2.05) is 6.07 Å². The third kappa shape index (κ3) is 4.30. The molecule has 3 aromatic rings. The van der Waals surface area contributed by atoms with Gasteiger partial charge in [-0.2, -0.15) is 0 Å². The number of sulfonamides is 1. The highest BCUT2D eigenvalue weighted by Gasteiger charge is 2.27. The van der Waals surface area contributed by atoms with Gasteiger partial charge in [0.2, 0.25) is 0 Å². The Morgan fingerprint density at radius 2 is 1.93 bits per heavy atom. The van der Waals surface area contributed by atoms with E-state index in [1.54, 1.807) is 31.2 Å². The van der Waals surface area contributed by atoms with Crippen molar-refractivity contribution in [3.63, 3.8) is 0 Å². The highest BCUT2D eigenvalue weighted by molar-refractivity contribution is 7.92. The molecule has 0 unspecified atom stereocenters. The number of esters is 1. The number of benzene rings is 2. The number of carbonyl (C=O) groups is 1. The lowest BCUT2D eigenvalue weighted by atomic mass is 10.1. The van der Waals surface area contributed by atoms with Gasteiger partial charge in [0.05, 0.1) is 22.0 Å². The van der Waals surface area contributed by atoms with Gasteiger partial charge in [-0.1, -0.05) is 35.5 Å². The van der Waals surface area contributed by atoms with Gasteiger partial charge in [-0.3, -0.25) is 14.8 Å². The third-order valence-corrected chi connectivity index (χ3v) is 5.50. The van der Waals surface area contributed by atoms with Crippen molar-refractivity contribution in [2.24, 2.45) is 0 Å². The van der Waals surface area contributed by atoms with Crippen LogP contribution in [0.25, 0.3) is 11.3 Å². The van der Waals surface area contributed by atoms with E-state index in [9.17, 15) is 23.3 Å². The number of hydrogen-bond acceptors (Lipinski definition) is 8. The van der Waals surface area contributed by atoms with Crippen molar-refractivity contribution >= 4 is 27.5 Å². The van der Waals surface area contributed by atoms with Gasteiger partial charge >= 0.3 is 5.97 Å². The van der Waals surface area contributed by atoms with E-state index in [1.165, 1.54) is 13.0 Å². The lowest BCUT2D eigenvalue weighted by molar-refractivity contribution is -0.385. The second kappa shape index (κ2) is 8.33. The molecule has 0 saturated heterocycles. The molecule has 10 nitrogen and oxygen atoms in total. The Bertz CT molecular complexity index is 1200. The summed E-state index contributed by atoms with van der Waals surface area (Å²) in [6, 6.07) is 12.2. The maximum atomic E-state index is 12.8. The zero-order valence-corrected chi connectivity index (χ0v) is 16.8. The molecule has 0 atom stereocenters. The largest absolute Gasteiger partial charge is 0.462 e. The maximum Gasteiger partial charge on any atom is 0.338 e. The first-order valence-electron chi connectivity index (χ1n) is 8.74. The molecule has 0 spiro atoms. The molecular formula is C19H17N3O7S. The van der Waals surface area contributed by atoms with Gasteiger partial charge in [-0.05, 0) is 19.9 Å². The molecule has 156 valence electrons. The van der Waals surface area contributed by atoms with Crippen LogP contribution in [-0.2, 0) is 14.8 Å². The van der Waals surface area contributed by atoms with E-state index in [0.29, 0.717) is 11.3 Å². The second-order valence-electron chi connectivity index (χ2n) is 6.14. The summed E-state index contributed by atoms with van der Waals surface area (Å²) in [6.45, 7) is 2.94. The molecule has 0 bridgehead atoms. The zero-order chi connectivity index (χ0) is 21.9. The molecule has 11 heteroatoms. The standard InChI is InChI=1S/C19H17N3O7S/c1-3-28-19(23)15-9-14(10-16(12(15)2)22(24)25)30(26,27)21-18-11-17(29-20-18)13-7-5-4-6-8-13/h4-11H,3H2,1-2H3,(H,20,21). The summed E-state index contributed by atoms with van der Waals surface area (Å²) >= 11 is 0. The molecule has 0 amide bonds. The molecule has 30 heavy (non-hydrogen) atoms. The summed E-state index contributed by atoms with van der Waals surface area (Å²) in [6.07, 6.45) is 0. The third-order valence-electron chi connectivity index (χ3n) is 4.16. The van der Waals surface area contributed by atoms with Crippen molar-refractivity contribution in [1.29, 1.82) is 0 Å². The Balaban J connectivity index is 1.99. The van der Waals surface area contributed by atoms with E-state index < -0.39 is 31.5 Å². The molecule has 3 rings (SSSR count). The van der Waals surface area contributed by atoms with Crippen LogP contribution in [0, 0.1) is 17.0 Å². The quantitative estimate of drug-likeness (QED) is 0.340. The Morgan fingerprint density at radius 1 is 1.23 bits per heavy atom. The van der Waals surface area contributed by atoms with Crippen LogP contribution in [0.1, 0.15) is 22.8 Å². The average Bonchev–Trinajstić information content (AvgIpc) is 3.16. The minimum atomic E-state index is -4.31. The topological polar surface area (TPSA) is 142 Å². The summed E-state index contributed by atoms with van der Waals surface area (Å²) in [4.78, 5) is 22.3. The minimum Gasteiger partial charge on any atom is -0.462 e. The SMILES string of the molecule is CCOC(=O)c1cc(S(=O)(=O)Nc2cc(-c3ccccc3)on2)cc([N+](=O)[O-])c1C. The van der Waals surface area contributed by atoms with Crippen molar-refractivity contribution in [2.45, 2.75) is 18.7 Å². The van der Waals surface area contributed by atoms with Gasteiger partial charge in [0.1, 0.15) is 0 Å². The van der Waals surface area contributed by atoms with Gasteiger partial charge in [0.15, 0.2) is 11.6 Å². The molecular weight excluding hydrogens is 414 g/mol. The molecule has 2 aromatic carbocycles. The highest BCUT2D eigenvalue weighted by Crippen LogP contribution is 2.29. The number of hydrogen-bond donors (Lipinski definition) is 1. The predicted molar refractivity (Wildman–Crippen MR) is 107 cm³/mol. The smallest absolute Gasteiger partial charge is 0.338 e. The number of anilines is 1. The summed E-state index contributed by atoms with van der Waals surface area (Å²) in [7, 11) is -4.31. The summed E-state index contributed by atoms with van der Waals surface area (Å²) in [5.74, 6) is -0.645. The number of aromatic nitrogens is 1. The van der Waals surface area contributed by atoms with Crippen LogP contribution in [0.15, 0.2) is 57.9 Å². The first-order valence-corrected chi connectivity index (χ1v) is 10.2. The molecule has 0 aliphatic heterocycles. The number of nitrogens with one attached hydrogen (secondary N) is 1. The molecule has 0 fully saturated rings. The Hall–Kier alpha value is -3.73. The fraction of sp³-hybridized carbons (Fsp3) is 0.158. The van der Waals surface area contributed by atoms with Crippen LogP contribution in [0.4, 0.5) is 11.5 Å². The van der Waals surface area contributed by atoms with Crippen LogP contribution < -0.4 is 4.72 Å². The fourth-order valence-electron chi connectivity index (χ4n) is 2.70. The lowest BCUT2D eigenvalue weighted by Gasteiger charge is -2.10. The zero-order valence-electron chi connectivity index (χ0n) is 16.0. The van der Waals surface area contributed by atoms with Crippen LogP contribution in [0.2, 0.25) is 0 Å². The van der Waals surface area contributed by atoms with E-state index in [2.05, 4.69) is 9.88 Å². The summed E-state index contributed by atoms with van der Waals surface area (Å²) < 4.78 is 37.8. The van der Waals surface area contributed by atoms with Crippen molar-refractivity contribution in [2.75, 3.05) is 11.3 Å². The summed E-state index contributed by atoms with van der Waals surface area (Å²) in [5, 5.41) is 15.0. The second-order valence-corrected chi connectivity index (χ2v) is 7.82. The van der Waals surface area contributed by atoms with Crippen molar-refractivity contribution in [1.82, 2.24) is 5.16 Å².